The van der Waals surface area contributed by atoms with E-state index >= 15 is 0 Å². The van der Waals surface area contributed by atoms with Crippen LogP contribution in [0.15, 0.2) is 11.6 Å². The fourth-order valence-corrected chi connectivity index (χ4v) is 3.86. The lowest BCUT2D eigenvalue weighted by Gasteiger charge is -2.45. The average molecular weight is 353 g/mol. The molecule has 2 atom stereocenters. The molecule has 1 N–H and O–H groups in total. The Morgan fingerprint density at radius 1 is 1.46 bits per heavy atom. The van der Waals surface area contributed by atoms with Crippen molar-refractivity contribution in [1.82, 2.24) is 14.3 Å². The number of hydrogen-bond acceptors (Lipinski definition) is 7. The van der Waals surface area contributed by atoms with E-state index < -0.39 is 0 Å². The first-order chi connectivity index (χ1) is 11.3. The zero-order chi connectivity index (χ0) is 17.5. The molecule has 9 heteroatoms. The molecule has 0 radical (unpaired) electrons. The van der Waals surface area contributed by atoms with Crippen LogP contribution in [-0.2, 0) is 4.74 Å². The van der Waals surface area contributed by atoms with Gasteiger partial charge in [0.05, 0.1) is 12.2 Å². The highest BCUT2D eigenvalue weighted by atomic mass is 32.1. The van der Waals surface area contributed by atoms with Gasteiger partial charge in [-0.05, 0) is 32.6 Å². The second-order valence-corrected chi connectivity index (χ2v) is 7.80. The molecule has 132 valence electrons. The van der Waals surface area contributed by atoms with Crippen molar-refractivity contribution < 1.29 is 9.66 Å². The number of ether oxygens (including phenoxy) is 1. The molecule has 1 saturated heterocycles. The summed E-state index contributed by atoms with van der Waals surface area (Å²) >= 11 is 1.38. The van der Waals surface area contributed by atoms with Crippen LogP contribution in [0.5, 0.6) is 0 Å². The fraction of sp³-hybridized carbons (Fsp3) is 0.667. The van der Waals surface area contributed by atoms with Crippen molar-refractivity contribution in [2.24, 2.45) is 0 Å². The minimum absolute atomic E-state index is 0.00855. The largest absolute Gasteiger partial charge is 0.373 e. The van der Waals surface area contributed by atoms with Gasteiger partial charge in [-0.25, -0.2) is 0 Å². The number of morpholine rings is 1. The van der Waals surface area contributed by atoms with Crippen LogP contribution in [0.4, 0.5) is 11.6 Å². The molecule has 0 bridgehead atoms. The number of fused-ring (bicyclic) bond motifs is 1. The molecule has 24 heavy (non-hydrogen) atoms. The summed E-state index contributed by atoms with van der Waals surface area (Å²) < 4.78 is 7.30. The van der Waals surface area contributed by atoms with Crippen molar-refractivity contribution in [3.8, 4) is 0 Å². The van der Waals surface area contributed by atoms with Crippen LogP contribution < -0.4 is 5.32 Å². The molecule has 2 unspecified atom stereocenters. The lowest BCUT2D eigenvalue weighted by Crippen LogP contribution is -2.57. The summed E-state index contributed by atoms with van der Waals surface area (Å²) in [6, 6.07) is 0. The Bertz CT molecular complexity index is 731. The Labute approximate surface area is 144 Å². The monoisotopic (exact) mass is 353 g/mol. The minimum Gasteiger partial charge on any atom is -0.373 e. The Morgan fingerprint density at radius 3 is 2.75 bits per heavy atom. The molecule has 1 aliphatic heterocycles. The summed E-state index contributed by atoms with van der Waals surface area (Å²) in [4.78, 5) is 18.3. The predicted molar refractivity (Wildman–Crippen MR) is 93.9 cm³/mol. The second kappa shape index (κ2) is 6.30. The Kier molecular flexibility index (Phi) is 4.50. The van der Waals surface area contributed by atoms with Gasteiger partial charge in [0.15, 0.2) is 0 Å². The number of nitro groups is 1. The summed E-state index contributed by atoms with van der Waals surface area (Å²) in [5.74, 6) is 0.319. The first kappa shape index (κ1) is 17.1. The number of hydrogen-bond donors (Lipinski definition) is 1. The number of imidazole rings is 1. The van der Waals surface area contributed by atoms with E-state index in [2.05, 4.69) is 42.9 Å². The maximum absolute atomic E-state index is 11.4. The highest BCUT2D eigenvalue weighted by molar-refractivity contribution is 7.15. The normalized spacial score (nSPS) is 22.8. The molecule has 1 fully saturated rings. The van der Waals surface area contributed by atoms with E-state index in [1.807, 2.05) is 0 Å². The smallest absolute Gasteiger partial charge is 0.372 e. The molecule has 2 aromatic heterocycles. The summed E-state index contributed by atoms with van der Waals surface area (Å²) in [5.41, 5.74) is -0.169. The van der Waals surface area contributed by atoms with Crippen molar-refractivity contribution in [3.63, 3.8) is 0 Å². The molecular formula is C15H23N5O3S. The van der Waals surface area contributed by atoms with Crippen molar-refractivity contribution in [2.45, 2.75) is 45.4 Å². The maximum atomic E-state index is 11.4. The van der Waals surface area contributed by atoms with Crippen LogP contribution in [-0.4, -0.2) is 56.6 Å². The lowest BCUT2D eigenvalue weighted by molar-refractivity contribution is -0.389. The Balaban J connectivity index is 1.76. The van der Waals surface area contributed by atoms with Crippen molar-refractivity contribution in [3.05, 3.63) is 21.7 Å². The van der Waals surface area contributed by atoms with Crippen LogP contribution in [0.1, 0.15) is 27.7 Å². The second-order valence-electron chi connectivity index (χ2n) is 6.92. The van der Waals surface area contributed by atoms with Gasteiger partial charge >= 0.3 is 5.82 Å². The molecule has 8 nitrogen and oxygen atoms in total. The number of anilines is 1. The molecule has 2 aromatic rings. The van der Waals surface area contributed by atoms with E-state index in [4.69, 9.17) is 4.74 Å². The zero-order valence-corrected chi connectivity index (χ0v) is 15.2. The molecule has 1 aliphatic rings. The standard InChI is InChI=1S/C15H23N5O3S/c1-10-7-18(8-11(2)23-10)15(3,4)9-16-12-13(20(21)22)19-5-6-24-14(19)17-12/h5-6,10-11,16H,7-9H2,1-4H3. The topological polar surface area (TPSA) is 84.9 Å². The molecule has 0 aliphatic carbocycles. The Hall–Kier alpha value is -1.71. The van der Waals surface area contributed by atoms with Crippen LogP contribution in [0.3, 0.4) is 0 Å². The summed E-state index contributed by atoms with van der Waals surface area (Å²) in [6.45, 7) is 10.7. The SMILES string of the molecule is CC1CN(C(C)(C)CNc2nc3sccn3c2[N+](=O)[O-])CC(C)O1. The van der Waals surface area contributed by atoms with Crippen LogP contribution in [0, 0.1) is 10.1 Å². The summed E-state index contributed by atoms with van der Waals surface area (Å²) in [6.07, 6.45) is 2.04. The third-order valence-electron chi connectivity index (χ3n) is 4.37. The van der Waals surface area contributed by atoms with Crippen LogP contribution >= 0.6 is 11.3 Å². The number of nitrogens with one attached hydrogen (secondary N) is 1. The van der Waals surface area contributed by atoms with Gasteiger partial charge in [-0.3, -0.25) is 4.90 Å². The predicted octanol–water partition coefficient (Wildman–Crippen LogP) is 2.60. The molecule has 3 rings (SSSR count). The molecule has 0 saturated carbocycles. The van der Waals surface area contributed by atoms with E-state index in [1.165, 1.54) is 15.7 Å². The van der Waals surface area contributed by atoms with Gasteiger partial charge in [0.1, 0.15) is 6.20 Å². The quantitative estimate of drug-likeness (QED) is 0.657. The van der Waals surface area contributed by atoms with E-state index in [1.54, 1.807) is 11.6 Å². The van der Waals surface area contributed by atoms with Gasteiger partial charge in [-0.15, -0.1) is 0 Å². The number of aromatic nitrogens is 2. The van der Waals surface area contributed by atoms with Crippen molar-refractivity contribution in [2.75, 3.05) is 25.0 Å². The van der Waals surface area contributed by atoms with Gasteiger partial charge < -0.3 is 20.2 Å². The third-order valence-corrected chi connectivity index (χ3v) is 5.13. The Morgan fingerprint density at radius 2 is 2.12 bits per heavy atom. The van der Waals surface area contributed by atoms with Gasteiger partial charge in [0.2, 0.25) is 5.82 Å². The molecular weight excluding hydrogens is 330 g/mol. The zero-order valence-electron chi connectivity index (χ0n) is 14.4. The molecule has 0 spiro atoms. The maximum Gasteiger partial charge on any atom is 0.372 e. The number of rotatable bonds is 5. The van der Waals surface area contributed by atoms with Gasteiger partial charge in [-0.2, -0.15) is 9.38 Å². The van der Waals surface area contributed by atoms with Gasteiger partial charge in [-0.1, -0.05) is 11.3 Å². The molecule has 3 heterocycles. The minimum atomic E-state index is -0.388. The van der Waals surface area contributed by atoms with Crippen molar-refractivity contribution >= 4 is 27.9 Å². The van der Waals surface area contributed by atoms with Crippen LogP contribution in [0.2, 0.25) is 0 Å². The molecule has 0 aromatic carbocycles. The van der Waals surface area contributed by atoms with Crippen LogP contribution in [0.25, 0.3) is 4.96 Å². The molecule has 0 amide bonds. The number of thiazole rings is 1. The van der Waals surface area contributed by atoms with Gasteiger partial charge in [0.25, 0.3) is 4.96 Å². The van der Waals surface area contributed by atoms with E-state index in [-0.39, 0.29) is 28.5 Å². The lowest BCUT2D eigenvalue weighted by atomic mass is 10.00. The third kappa shape index (κ3) is 3.24. The fourth-order valence-electron chi connectivity index (χ4n) is 3.15. The van der Waals surface area contributed by atoms with Crippen molar-refractivity contribution in [1.29, 1.82) is 0 Å². The first-order valence-electron chi connectivity index (χ1n) is 8.02. The highest BCUT2D eigenvalue weighted by Crippen LogP contribution is 2.29. The van der Waals surface area contributed by atoms with E-state index in [0.29, 0.717) is 17.3 Å². The van der Waals surface area contributed by atoms with Gasteiger partial charge in [0, 0.05) is 30.6 Å². The average Bonchev–Trinajstić information content (AvgIpc) is 3.03. The first-order valence-corrected chi connectivity index (χ1v) is 8.90. The number of nitrogens with zero attached hydrogens (tertiary/aromatic N) is 4. The van der Waals surface area contributed by atoms with E-state index in [0.717, 1.165) is 13.1 Å². The highest BCUT2D eigenvalue weighted by Gasteiger charge is 2.34. The van der Waals surface area contributed by atoms with E-state index in [9.17, 15) is 10.1 Å². The summed E-state index contributed by atoms with van der Waals surface area (Å²) in [5, 5.41) is 16.4. The summed E-state index contributed by atoms with van der Waals surface area (Å²) in [7, 11) is 0.